The monoisotopic (exact) mass is 264 g/mol. The number of aromatic nitrogens is 3. The van der Waals surface area contributed by atoms with Crippen LogP contribution in [0.2, 0.25) is 0 Å². The molecule has 0 aliphatic heterocycles. The average molecular weight is 264 g/mol. The summed E-state index contributed by atoms with van der Waals surface area (Å²) in [5.41, 5.74) is 8.45. The van der Waals surface area contributed by atoms with Crippen LogP contribution in [0.5, 0.6) is 0 Å². The van der Waals surface area contributed by atoms with E-state index in [0.29, 0.717) is 11.7 Å². The molecule has 6 heteroatoms. The zero-order valence-corrected chi connectivity index (χ0v) is 11.1. The zero-order chi connectivity index (χ0) is 12.6. The van der Waals surface area contributed by atoms with Gasteiger partial charge in [-0.05, 0) is 31.6 Å². The van der Waals surface area contributed by atoms with E-state index in [9.17, 15) is 0 Å². The van der Waals surface area contributed by atoms with Gasteiger partial charge in [0.25, 0.3) is 0 Å². The van der Waals surface area contributed by atoms with E-state index in [2.05, 4.69) is 22.0 Å². The van der Waals surface area contributed by atoms with Crippen molar-refractivity contribution >= 4 is 11.3 Å². The fourth-order valence-corrected chi connectivity index (χ4v) is 2.87. The van der Waals surface area contributed by atoms with E-state index >= 15 is 0 Å². The molecule has 0 unspecified atom stereocenters. The van der Waals surface area contributed by atoms with Gasteiger partial charge in [0.1, 0.15) is 5.69 Å². The highest BCUT2D eigenvalue weighted by molar-refractivity contribution is 7.07. The number of hydrogen-bond acceptors (Lipinski definition) is 6. The van der Waals surface area contributed by atoms with Crippen molar-refractivity contribution in [3.63, 3.8) is 0 Å². The average Bonchev–Trinajstić information content (AvgIpc) is 3.01. The van der Waals surface area contributed by atoms with Crippen LogP contribution < -0.4 is 5.73 Å². The lowest BCUT2D eigenvalue weighted by atomic mass is 9.78. The Kier molecular flexibility index (Phi) is 2.91. The van der Waals surface area contributed by atoms with Crippen LogP contribution in [0.25, 0.3) is 11.5 Å². The molecule has 1 aliphatic carbocycles. The van der Waals surface area contributed by atoms with Crippen molar-refractivity contribution in [2.75, 3.05) is 0 Å². The number of thiazole rings is 1. The van der Waals surface area contributed by atoms with Gasteiger partial charge in [0, 0.05) is 5.38 Å². The quantitative estimate of drug-likeness (QED) is 0.901. The molecule has 96 valence electrons. The van der Waals surface area contributed by atoms with Crippen LogP contribution in [0.1, 0.15) is 38.5 Å². The summed E-state index contributed by atoms with van der Waals surface area (Å²) >= 11 is 1.51. The standard InChI is InChI=1S/C12H16N4OS/c1-8-2-4-12(13,5-3-8)11-15-10(16-17-11)9-6-18-7-14-9/h6-8H,2-5,13H2,1H3. The third-order valence-corrected chi connectivity index (χ3v) is 4.27. The molecule has 5 nitrogen and oxygen atoms in total. The fourth-order valence-electron chi connectivity index (χ4n) is 2.34. The molecule has 1 fully saturated rings. The molecule has 0 saturated heterocycles. The number of nitrogens with zero attached hydrogens (tertiary/aromatic N) is 3. The normalized spacial score (nSPS) is 28.4. The highest BCUT2D eigenvalue weighted by Crippen LogP contribution is 2.37. The van der Waals surface area contributed by atoms with Crippen LogP contribution in [0, 0.1) is 5.92 Å². The molecule has 0 aromatic carbocycles. The van der Waals surface area contributed by atoms with Crippen molar-refractivity contribution in [2.24, 2.45) is 11.7 Å². The first-order chi connectivity index (χ1) is 8.67. The Hall–Kier alpha value is -1.27. The molecule has 2 aromatic heterocycles. The van der Waals surface area contributed by atoms with Gasteiger partial charge in [-0.25, -0.2) is 4.98 Å². The van der Waals surface area contributed by atoms with E-state index in [1.54, 1.807) is 5.51 Å². The van der Waals surface area contributed by atoms with Crippen molar-refractivity contribution in [2.45, 2.75) is 38.1 Å². The summed E-state index contributed by atoms with van der Waals surface area (Å²) < 4.78 is 5.34. The predicted octanol–water partition coefficient (Wildman–Crippen LogP) is 2.56. The van der Waals surface area contributed by atoms with Gasteiger partial charge in [0.05, 0.1) is 11.0 Å². The molecule has 3 rings (SSSR count). The lowest BCUT2D eigenvalue weighted by molar-refractivity contribution is 0.190. The summed E-state index contributed by atoms with van der Waals surface area (Å²) in [6.07, 6.45) is 4.05. The molecule has 0 bridgehead atoms. The lowest BCUT2D eigenvalue weighted by Crippen LogP contribution is -2.40. The molecule has 0 spiro atoms. The van der Waals surface area contributed by atoms with Crippen LogP contribution in [-0.2, 0) is 5.54 Å². The molecule has 2 heterocycles. The highest BCUT2D eigenvalue weighted by Gasteiger charge is 2.37. The molecular weight excluding hydrogens is 248 g/mol. The summed E-state index contributed by atoms with van der Waals surface area (Å²) in [6, 6.07) is 0. The first kappa shape index (κ1) is 11.8. The Morgan fingerprint density at radius 3 is 2.89 bits per heavy atom. The topological polar surface area (TPSA) is 77.8 Å². The zero-order valence-electron chi connectivity index (χ0n) is 10.3. The molecule has 1 saturated carbocycles. The van der Waals surface area contributed by atoms with Gasteiger partial charge < -0.3 is 10.3 Å². The van der Waals surface area contributed by atoms with Crippen LogP contribution >= 0.6 is 11.3 Å². The molecule has 2 N–H and O–H groups in total. The van der Waals surface area contributed by atoms with Crippen molar-refractivity contribution in [3.8, 4) is 11.5 Å². The Bertz CT molecular complexity index is 514. The van der Waals surface area contributed by atoms with Crippen LogP contribution in [0.3, 0.4) is 0 Å². The molecule has 18 heavy (non-hydrogen) atoms. The highest BCUT2D eigenvalue weighted by atomic mass is 32.1. The largest absolute Gasteiger partial charge is 0.337 e. The van der Waals surface area contributed by atoms with Crippen LogP contribution in [-0.4, -0.2) is 15.1 Å². The first-order valence-electron chi connectivity index (χ1n) is 6.19. The SMILES string of the molecule is CC1CCC(N)(c2nc(-c3cscn3)no2)CC1. The molecular formula is C12H16N4OS. The van der Waals surface area contributed by atoms with Gasteiger partial charge in [-0.15, -0.1) is 11.3 Å². The molecule has 0 amide bonds. The Balaban J connectivity index is 1.85. The summed E-state index contributed by atoms with van der Waals surface area (Å²) in [5, 5.41) is 5.88. The summed E-state index contributed by atoms with van der Waals surface area (Å²) in [4.78, 5) is 8.59. The maximum absolute atomic E-state index is 6.40. The van der Waals surface area contributed by atoms with Gasteiger partial charge in [-0.1, -0.05) is 12.1 Å². The Morgan fingerprint density at radius 2 is 2.22 bits per heavy atom. The number of nitrogens with two attached hydrogens (primary N) is 1. The fraction of sp³-hybridized carbons (Fsp3) is 0.583. The second kappa shape index (κ2) is 4.44. The number of rotatable bonds is 2. The summed E-state index contributed by atoms with van der Waals surface area (Å²) in [5.74, 6) is 1.83. The van der Waals surface area contributed by atoms with Gasteiger partial charge in [-0.3, -0.25) is 0 Å². The van der Waals surface area contributed by atoms with Gasteiger partial charge in [0.2, 0.25) is 11.7 Å². The van der Waals surface area contributed by atoms with Gasteiger partial charge in [-0.2, -0.15) is 4.98 Å². The number of hydrogen-bond donors (Lipinski definition) is 1. The van der Waals surface area contributed by atoms with E-state index in [-0.39, 0.29) is 0 Å². The second-order valence-corrected chi connectivity index (χ2v) is 5.85. The Labute approximate surface area is 109 Å². The van der Waals surface area contributed by atoms with Crippen LogP contribution in [0.4, 0.5) is 0 Å². The van der Waals surface area contributed by atoms with E-state index in [1.165, 1.54) is 11.3 Å². The third kappa shape index (κ3) is 2.06. The first-order valence-corrected chi connectivity index (χ1v) is 7.13. The summed E-state index contributed by atoms with van der Waals surface area (Å²) in [6.45, 7) is 2.26. The van der Waals surface area contributed by atoms with Gasteiger partial charge in [0.15, 0.2) is 0 Å². The van der Waals surface area contributed by atoms with E-state index < -0.39 is 5.54 Å². The Morgan fingerprint density at radius 1 is 1.44 bits per heavy atom. The van der Waals surface area contributed by atoms with E-state index in [4.69, 9.17) is 10.3 Å². The minimum atomic E-state index is -0.451. The van der Waals surface area contributed by atoms with E-state index in [0.717, 1.165) is 37.3 Å². The minimum absolute atomic E-state index is 0.451. The van der Waals surface area contributed by atoms with Crippen molar-refractivity contribution in [1.82, 2.24) is 15.1 Å². The molecule has 0 radical (unpaired) electrons. The van der Waals surface area contributed by atoms with Crippen molar-refractivity contribution in [1.29, 1.82) is 0 Å². The van der Waals surface area contributed by atoms with Crippen molar-refractivity contribution < 1.29 is 4.52 Å². The van der Waals surface area contributed by atoms with Gasteiger partial charge >= 0.3 is 0 Å². The molecule has 1 aliphatic rings. The third-order valence-electron chi connectivity index (χ3n) is 3.68. The molecule has 0 atom stereocenters. The summed E-state index contributed by atoms with van der Waals surface area (Å²) in [7, 11) is 0. The predicted molar refractivity (Wildman–Crippen MR) is 68.9 cm³/mol. The smallest absolute Gasteiger partial charge is 0.247 e. The maximum Gasteiger partial charge on any atom is 0.247 e. The maximum atomic E-state index is 6.40. The van der Waals surface area contributed by atoms with Crippen molar-refractivity contribution in [3.05, 3.63) is 16.8 Å². The minimum Gasteiger partial charge on any atom is -0.337 e. The van der Waals surface area contributed by atoms with E-state index in [1.807, 2.05) is 5.38 Å². The van der Waals surface area contributed by atoms with Crippen LogP contribution in [0.15, 0.2) is 15.4 Å². The molecule has 2 aromatic rings. The lowest BCUT2D eigenvalue weighted by Gasteiger charge is -2.32. The second-order valence-electron chi connectivity index (χ2n) is 5.14.